The molecule has 6 heteroatoms. The molecule has 0 aliphatic heterocycles. The number of aliphatic hydroxyl groups excluding tert-OH is 1. The van der Waals surface area contributed by atoms with Gasteiger partial charge in [0.15, 0.2) is 0 Å². The van der Waals surface area contributed by atoms with Gasteiger partial charge in [0.2, 0.25) is 0 Å². The van der Waals surface area contributed by atoms with Crippen LogP contribution in [0.4, 0.5) is 0 Å². The van der Waals surface area contributed by atoms with Gasteiger partial charge in [0.25, 0.3) is 0 Å². The summed E-state index contributed by atoms with van der Waals surface area (Å²) >= 11 is 0. The van der Waals surface area contributed by atoms with Crippen LogP contribution in [0.1, 0.15) is 16.1 Å². The molecule has 94 valence electrons. The second-order valence-electron chi connectivity index (χ2n) is 3.56. The van der Waals surface area contributed by atoms with Crippen LogP contribution in [0.2, 0.25) is 0 Å². The van der Waals surface area contributed by atoms with Crippen LogP contribution >= 0.6 is 0 Å². The van der Waals surface area contributed by atoms with Gasteiger partial charge in [-0.05, 0) is 12.1 Å². The maximum absolute atomic E-state index is 10.6. The van der Waals surface area contributed by atoms with E-state index in [0.717, 1.165) is 0 Å². The molecule has 0 saturated carbocycles. The van der Waals surface area contributed by atoms with E-state index in [1.807, 2.05) is 0 Å². The van der Waals surface area contributed by atoms with Crippen molar-refractivity contribution < 1.29 is 19.7 Å². The lowest BCUT2D eigenvalue weighted by molar-refractivity contribution is 0.0696. The van der Waals surface area contributed by atoms with Crippen LogP contribution in [0.25, 0.3) is 0 Å². The van der Waals surface area contributed by atoms with Gasteiger partial charge in [-0.3, -0.25) is 4.98 Å². The Morgan fingerprint density at radius 1 is 1.59 bits per heavy atom. The molecule has 1 aromatic heterocycles. The first-order valence-electron chi connectivity index (χ1n) is 5.18. The molecule has 17 heavy (non-hydrogen) atoms. The van der Waals surface area contributed by atoms with E-state index in [2.05, 4.69) is 10.3 Å². The molecule has 1 atom stereocenters. The number of aromatic nitrogens is 1. The summed E-state index contributed by atoms with van der Waals surface area (Å²) in [7, 11) is 1.56. The molecular formula is C11H16N2O4. The van der Waals surface area contributed by atoms with Crippen molar-refractivity contribution in [1.29, 1.82) is 0 Å². The zero-order valence-corrected chi connectivity index (χ0v) is 9.59. The quantitative estimate of drug-likeness (QED) is 0.615. The first-order valence-corrected chi connectivity index (χ1v) is 5.18. The fraction of sp³-hybridized carbons (Fsp3) is 0.455. The number of nitrogens with one attached hydrogen (secondary N) is 1. The van der Waals surface area contributed by atoms with Gasteiger partial charge in [-0.1, -0.05) is 0 Å². The minimum Gasteiger partial charge on any atom is -0.478 e. The third-order valence-corrected chi connectivity index (χ3v) is 2.23. The third kappa shape index (κ3) is 4.48. The van der Waals surface area contributed by atoms with E-state index in [4.69, 9.17) is 14.9 Å². The highest BCUT2D eigenvalue weighted by Gasteiger charge is 2.07. The predicted octanol–water partition coefficient (Wildman–Crippen LogP) is -0.123. The average Bonchev–Trinajstić information content (AvgIpc) is 2.35. The third-order valence-electron chi connectivity index (χ3n) is 2.23. The van der Waals surface area contributed by atoms with Crippen molar-refractivity contribution in [2.24, 2.45) is 0 Å². The van der Waals surface area contributed by atoms with Crippen LogP contribution in [0.3, 0.4) is 0 Å². The maximum Gasteiger partial charge on any atom is 0.337 e. The van der Waals surface area contributed by atoms with E-state index in [1.165, 1.54) is 12.3 Å². The summed E-state index contributed by atoms with van der Waals surface area (Å²) in [4.78, 5) is 14.6. The van der Waals surface area contributed by atoms with Gasteiger partial charge in [0.05, 0.1) is 30.5 Å². The highest BCUT2D eigenvalue weighted by atomic mass is 16.5. The minimum atomic E-state index is -0.996. The summed E-state index contributed by atoms with van der Waals surface area (Å²) in [5, 5.41) is 20.8. The summed E-state index contributed by atoms with van der Waals surface area (Å²) < 4.78 is 4.91. The van der Waals surface area contributed by atoms with Gasteiger partial charge in [-0.15, -0.1) is 0 Å². The van der Waals surface area contributed by atoms with Gasteiger partial charge in [-0.25, -0.2) is 4.79 Å². The van der Waals surface area contributed by atoms with E-state index in [9.17, 15) is 4.79 Å². The zero-order chi connectivity index (χ0) is 12.7. The van der Waals surface area contributed by atoms with Crippen molar-refractivity contribution in [2.45, 2.75) is 12.6 Å². The van der Waals surface area contributed by atoms with Crippen LogP contribution in [0.5, 0.6) is 0 Å². The Morgan fingerprint density at radius 3 is 2.82 bits per heavy atom. The zero-order valence-electron chi connectivity index (χ0n) is 9.59. The van der Waals surface area contributed by atoms with Gasteiger partial charge in [-0.2, -0.15) is 0 Å². The molecule has 1 aromatic rings. The van der Waals surface area contributed by atoms with Crippen LogP contribution in [-0.4, -0.2) is 47.5 Å². The number of carboxylic acids is 1. The first-order chi connectivity index (χ1) is 8.17. The number of carbonyl (C=O) groups is 1. The Kier molecular flexibility index (Phi) is 5.55. The Morgan fingerprint density at radius 2 is 2.35 bits per heavy atom. The van der Waals surface area contributed by atoms with E-state index in [-0.39, 0.29) is 18.2 Å². The van der Waals surface area contributed by atoms with Gasteiger partial charge in [0.1, 0.15) is 0 Å². The smallest absolute Gasteiger partial charge is 0.337 e. The lowest BCUT2D eigenvalue weighted by atomic mass is 10.2. The fourth-order valence-corrected chi connectivity index (χ4v) is 1.28. The van der Waals surface area contributed by atoms with Crippen LogP contribution in [0.15, 0.2) is 18.3 Å². The molecule has 0 bridgehead atoms. The lowest BCUT2D eigenvalue weighted by Crippen LogP contribution is -2.36. The topological polar surface area (TPSA) is 91.7 Å². The summed E-state index contributed by atoms with van der Waals surface area (Å²) in [5.74, 6) is -0.996. The lowest BCUT2D eigenvalue weighted by Gasteiger charge is -2.14. The molecule has 0 saturated heterocycles. The number of methoxy groups -OCH3 is 1. The van der Waals surface area contributed by atoms with Crippen molar-refractivity contribution in [3.05, 3.63) is 29.6 Å². The van der Waals surface area contributed by atoms with E-state index in [0.29, 0.717) is 18.8 Å². The largest absolute Gasteiger partial charge is 0.478 e. The van der Waals surface area contributed by atoms with Crippen molar-refractivity contribution >= 4 is 5.97 Å². The number of hydrogen-bond acceptors (Lipinski definition) is 5. The van der Waals surface area contributed by atoms with Gasteiger partial charge >= 0.3 is 5.97 Å². The molecule has 1 rings (SSSR count). The molecule has 0 amide bonds. The molecule has 1 heterocycles. The molecule has 0 radical (unpaired) electrons. The van der Waals surface area contributed by atoms with Crippen molar-refractivity contribution in [3.63, 3.8) is 0 Å². The van der Waals surface area contributed by atoms with E-state index >= 15 is 0 Å². The number of nitrogens with zero attached hydrogens (tertiary/aromatic N) is 1. The standard InChI is InChI=1S/C11H16N2O4/c1-17-7-10(6-14)13-5-9-3-2-8(4-12-9)11(15)16/h2-4,10,13-14H,5-7H2,1H3,(H,15,16). The summed E-state index contributed by atoms with van der Waals surface area (Å²) in [6.45, 7) is 0.833. The average molecular weight is 240 g/mol. The highest BCUT2D eigenvalue weighted by molar-refractivity contribution is 5.87. The number of ether oxygens (including phenoxy) is 1. The normalized spacial score (nSPS) is 12.4. The Bertz CT molecular complexity index is 353. The maximum atomic E-state index is 10.6. The highest BCUT2D eigenvalue weighted by Crippen LogP contribution is 2.00. The SMILES string of the molecule is COCC(CO)NCc1ccc(C(=O)O)cn1. The Balaban J connectivity index is 2.48. The Labute approximate surface area is 99.3 Å². The molecule has 1 unspecified atom stereocenters. The molecule has 0 fully saturated rings. The fourth-order valence-electron chi connectivity index (χ4n) is 1.28. The predicted molar refractivity (Wildman–Crippen MR) is 60.8 cm³/mol. The van der Waals surface area contributed by atoms with Crippen molar-refractivity contribution in [2.75, 3.05) is 20.3 Å². The molecule has 6 nitrogen and oxygen atoms in total. The second-order valence-corrected chi connectivity index (χ2v) is 3.56. The molecule has 0 aliphatic carbocycles. The number of pyridine rings is 1. The van der Waals surface area contributed by atoms with Crippen molar-refractivity contribution in [3.8, 4) is 0 Å². The summed E-state index contributed by atoms with van der Waals surface area (Å²) in [5.41, 5.74) is 0.869. The molecule has 0 aliphatic rings. The summed E-state index contributed by atoms with van der Waals surface area (Å²) in [6, 6.07) is 2.98. The van der Waals surface area contributed by atoms with Crippen LogP contribution in [-0.2, 0) is 11.3 Å². The van der Waals surface area contributed by atoms with Crippen LogP contribution in [0, 0.1) is 0 Å². The summed E-state index contributed by atoms with van der Waals surface area (Å²) in [6.07, 6.45) is 1.31. The molecule has 3 N–H and O–H groups in total. The van der Waals surface area contributed by atoms with Gasteiger partial charge in [0, 0.05) is 19.9 Å². The number of aliphatic hydroxyl groups is 1. The molecule has 0 spiro atoms. The van der Waals surface area contributed by atoms with E-state index < -0.39 is 5.97 Å². The first kappa shape index (κ1) is 13.6. The second kappa shape index (κ2) is 6.95. The number of rotatable bonds is 7. The molecule has 0 aromatic carbocycles. The van der Waals surface area contributed by atoms with Gasteiger partial charge < -0.3 is 20.3 Å². The minimum absolute atomic E-state index is 0.0267. The van der Waals surface area contributed by atoms with E-state index in [1.54, 1.807) is 13.2 Å². The van der Waals surface area contributed by atoms with Crippen LogP contribution < -0.4 is 5.32 Å². The number of hydrogen-bond donors (Lipinski definition) is 3. The molecular weight excluding hydrogens is 224 g/mol. The number of aromatic carboxylic acids is 1. The van der Waals surface area contributed by atoms with Crippen molar-refractivity contribution in [1.82, 2.24) is 10.3 Å². The monoisotopic (exact) mass is 240 g/mol. The Hall–Kier alpha value is -1.50. The number of carboxylic acid groups (broad SMARTS) is 1.